The van der Waals surface area contributed by atoms with Crippen molar-refractivity contribution in [3.8, 4) is 0 Å². The van der Waals surface area contributed by atoms with Crippen LogP contribution >= 0.6 is 0 Å². The molecule has 1 heterocycles. The SMILES string of the molecule is CC/C(C)=C1\C(=O)NN(c2ccc(C(=O)OC)cc2)C1=O. The molecule has 0 aliphatic carbocycles. The van der Waals surface area contributed by atoms with Gasteiger partial charge in [0.2, 0.25) is 0 Å². The lowest BCUT2D eigenvalue weighted by molar-refractivity contribution is -0.117. The molecule has 6 nitrogen and oxygen atoms in total. The highest BCUT2D eigenvalue weighted by Gasteiger charge is 2.35. The van der Waals surface area contributed by atoms with Gasteiger partial charge < -0.3 is 4.74 Å². The van der Waals surface area contributed by atoms with E-state index < -0.39 is 11.9 Å². The molecule has 0 bridgehead atoms. The van der Waals surface area contributed by atoms with Gasteiger partial charge in [0.05, 0.1) is 18.4 Å². The number of hydrogen-bond donors (Lipinski definition) is 1. The molecular weight excluding hydrogens is 272 g/mol. The smallest absolute Gasteiger partial charge is 0.337 e. The number of amides is 2. The third-order valence-electron chi connectivity index (χ3n) is 3.36. The van der Waals surface area contributed by atoms with E-state index in [1.54, 1.807) is 19.1 Å². The van der Waals surface area contributed by atoms with Gasteiger partial charge in [-0.05, 0) is 37.6 Å². The highest BCUT2D eigenvalue weighted by atomic mass is 16.5. The van der Waals surface area contributed by atoms with Crippen molar-refractivity contribution in [2.75, 3.05) is 12.1 Å². The number of nitrogens with one attached hydrogen (secondary N) is 1. The zero-order valence-corrected chi connectivity index (χ0v) is 12.1. The van der Waals surface area contributed by atoms with Crippen LogP contribution in [0.3, 0.4) is 0 Å². The maximum atomic E-state index is 12.3. The number of esters is 1. The number of nitrogens with zero attached hydrogens (tertiary/aromatic N) is 1. The zero-order chi connectivity index (χ0) is 15.6. The molecule has 0 spiro atoms. The van der Waals surface area contributed by atoms with E-state index in [9.17, 15) is 14.4 Å². The molecular formula is C15H16N2O4. The third-order valence-corrected chi connectivity index (χ3v) is 3.36. The normalized spacial score (nSPS) is 16.8. The molecule has 2 amide bonds. The summed E-state index contributed by atoms with van der Waals surface area (Å²) in [7, 11) is 1.30. The summed E-state index contributed by atoms with van der Waals surface area (Å²) in [5, 5.41) is 1.18. The summed E-state index contributed by atoms with van der Waals surface area (Å²) in [6.07, 6.45) is 0.629. The van der Waals surface area contributed by atoms with Gasteiger partial charge in [-0.25, -0.2) is 9.80 Å². The Bertz CT molecular complexity index is 632. The van der Waals surface area contributed by atoms with E-state index in [4.69, 9.17) is 0 Å². The number of carbonyl (C=O) groups excluding carboxylic acids is 3. The number of rotatable bonds is 3. The summed E-state index contributed by atoms with van der Waals surface area (Å²) >= 11 is 0. The van der Waals surface area contributed by atoms with Crippen molar-refractivity contribution >= 4 is 23.5 Å². The standard InChI is InChI=1S/C15H16N2O4/c1-4-9(2)12-13(18)16-17(14(12)19)11-7-5-10(6-8-11)15(20)21-3/h5-8H,4H2,1-3H3,(H,16,18)/b12-9+. The first-order valence-corrected chi connectivity index (χ1v) is 6.53. The average Bonchev–Trinajstić information content (AvgIpc) is 2.80. The molecule has 1 N–H and O–H groups in total. The molecule has 1 aliphatic heterocycles. The Morgan fingerprint density at radius 1 is 1.24 bits per heavy atom. The van der Waals surface area contributed by atoms with Crippen molar-refractivity contribution in [3.05, 3.63) is 41.0 Å². The van der Waals surface area contributed by atoms with Crippen molar-refractivity contribution in [2.24, 2.45) is 0 Å². The third kappa shape index (κ3) is 2.65. The number of allylic oxidation sites excluding steroid dienone is 1. The number of carbonyl (C=O) groups is 3. The van der Waals surface area contributed by atoms with Crippen molar-refractivity contribution in [2.45, 2.75) is 20.3 Å². The van der Waals surface area contributed by atoms with E-state index >= 15 is 0 Å². The Balaban J connectivity index is 2.30. The molecule has 6 heteroatoms. The summed E-state index contributed by atoms with van der Waals surface area (Å²) in [4.78, 5) is 35.5. The van der Waals surface area contributed by atoms with Crippen LogP contribution in [-0.4, -0.2) is 24.9 Å². The van der Waals surface area contributed by atoms with Crippen molar-refractivity contribution in [1.82, 2.24) is 5.43 Å². The highest BCUT2D eigenvalue weighted by molar-refractivity contribution is 6.29. The lowest BCUT2D eigenvalue weighted by atomic mass is 10.1. The molecule has 2 rings (SSSR count). The molecule has 0 saturated carbocycles. The van der Waals surface area contributed by atoms with Crippen LogP contribution in [-0.2, 0) is 14.3 Å². The van der Waals surface area contributed by atoms with Crippen LogP contribution in [0.25, 0.3) is 0 Å². The minimum atomic E-state index is -0.458. The van der Waals surface area contributed by atoms with E-state index in [2.05, 4.69) is 10.2 Å². The summed E-state index contributed by atoms with van der Waals surface area (Å²) < 4.78 is 4.61. The van der Waals surface area contributed by atoms with Gasteiger partial charge >= 0.3 is 5.97 Å². The predicted octanol–water partition coefficient (Wildman–Crippen LogP) is 1.58. The fraction of sp³-hybridized carbons (Fsp3) is 0.267. The number of benzene rings is 1. The van der Waals surface area contributed by atoms with E-state index in [1.165, 1.54) is 24.3 Å². The van der Waals surface area contributed by atoms with E-state index in [0.717, 1.165) is 5.57 Å². The van der Waals surface area contributed by atoms with E-state index in [-0.39, 0.29) is 11.5 Å². The van der Waals surface area contributed by atoms with Crippen LogP contribution in [0.1, 0.15) is 30.6 Å². The predicted molar refractivity (Wildman–Crippen MR) is 76.4 cm³/mol. The zero-order valence-electron chi connectivity index (χ0n) is 12.1. The number of hydrazine groups is 1. The second kappa shape index (κ2) is 5.78. The average molecular weight is 288 g/mol. The lowest BCUT2D eigenvalue weighted by Crippen LogP contribution is -2.35. The van der Waals surface area contributed by atoms with Crippen LogP contribution in [0.4, 0.5) is 5.69 Å². The Labute approximate surface area is 122 Å². The molecule has 0 radical (unpaired) electrons. The number of methoxy groups -OCH3 is 1. The molecule has 1 fully saturated rings. The van der Waals surface area contributed by atoms with Crippen molar-refractivity contribution in [3.63, 3.8) is 0 Å². The van der Waals surface area contributed by atoms with Crippen LogP contribution in [0.5, 0.6) is 0 Å². The molecule has 1 saturated heterocycles. The summed E-state index contributed by atoms with van der Waals surface area (Å²) in [6.45, 7) is 3.65. The number of anilines is 1. The second-order valence-corrected chi connectivity index (χ2v) is 4.63. The van der Waals surface area contributed by atoms with Gasteiger partial charge in [-0.3, -0.25) is 15.0 Å². The summed E-state index contributed by atoms with van der Waals surface area (Å²) in [5.41, 5.74) is 4.30. The summed E-state index contributed by atoms with van der Waals surface area (Å²) in [5.74, 6) is -1.25. The lowest BCUT2D eigenvalue weighted by Gasteiger charge is -2.14. The van der Waals surface area contributed by atoms with E-state index in [0.29, 0.717) is 17.7 Å². The van der Waals surface area contributed by atoms with Gasteiger partial charge in [0.25, 0.3) is 11.8 Å². The Hall–Kier alpha value is -2.63. The monoisotopic (exact) mass is 288 g/mol. The van der Waals surface area contributed by atoms with E-state index in [1.807, 2.05) is 6.92 Å². The number of ether oxygens (including phenoxy) is 1. The minimum absolute atomic E-state index is 0.176. The molecule has 110 valence electrons. The highest BCUT2D eigenvalue weighted by Crippen LogP contribution is 2.23. The molecule has 1 aliphatic rings. The minimum Gasteiger partial charge on any atom is -0.465 e. The van der Waals surface area contributed by atoms with Gasteiger partial charge in [0, 0.05) is 0 Å². The van der Waals surface area contributed by atoms with Crippen molar-refractivity contribution in [1.29, 1.82) is 0 Å². The quantitative estimate of drug-likeness (QED) is 0.520. The van der Waals surface area contributed by atoms with Gasteiger partial charge in [-0.2, -0.15) is 0 Å². The Morgan fingerprint density at radius 3 is 2.38 bits per heavy atom. The molecule has 0 atom stereocenters. The van der Waals surface area contributed by atoms with Gasteiger partial charge in [-0.15, -0.1) is 0 Å². The van der Waals surface area contributed by atoms with Gasteiger partial charge in [0.1, 0.15) is 5.57 Å². The molecule has 1 aromatic rings. The van der Waals surface area contributed by atoms with Crippen LogP contribution in [0.15, 0.2) is 35.4 Å². The molecule has 0 unspecified atom stereocenters. The van der Waals surface area contributed by atoms with Crippen LogP contribution in [0, 0.1) is 0 Å². The molecule has 1 aromatic carbocycles. The Morgan fingerprint density at radius 2 is 1.86 bits per heavy atom. The maximum Gasteiger partial charge on any atom is 0.337 e. The summed E-state index contributed by atoms with van der Waals surface area (Å²) in [6, 6.07) is 6.23. The largest absolute Gasteiger partial charge is 0.465 e. The van der Waals surface area contributed by atoms with Crippen LogP contribution < -0.4 is 10.4 Å². The second-order valence-electron chi connectivity index (χ2n) is 4.63. The first kappa shape index (κ1) is 14.8. The van der Waals surface area contributed by atoms with Gasteiger partial charge in [0.15, 0.2) is 0 Å². The molecule has 0 aromatic heterocycles. The van der Waals surface area contributed by atoms with Crippen molar-refractivity contribution < 1.29 is 19.1 Å². The van der Waals surface area contributed by atoms with Gasteiger partial charge in [-0.1, -0.05) is 12.5 Å². The Kier molecular flexibility index (Phi) is 4.07. The number of hydrogen-bond acceptors (Lipinski definition) is 4. The molecule has 21 heavy (non-hydrogen) atoms. The fourth-order valence-corrected chi connectivity index (χ4v) is 2.02. The first-order valence-electron chi connectivity index (χ1n) is 6.53. The maximum absolute atomic E-state index is 12.3. The van der Waals surface area contributed by atoms with Crippen LogP contribution in [0.2, 0.25) is 0 Å². The topological polar surface area (TPSA) is 75.7 Å². The first-order chi connectivity index (χ1) is 9.99. The fourth-order valence-electron chi connectivity index (χ4n) is 2.02.